The summed E-state index contributed by atoms with van der Waals surface area (Å²) >= 11 is 0. The second kappa shape index (κ2) is 6.95. The maximum absolute atomic E-state index is 11.7. The fraction of sp³-hybridized carbons (Fsp3) is 0.154. The van der Waals surface area contributed by atoms with Gasteiger partial charge in [0.15, 0.2) is 0 Å². The molecule has 0 N–H and O–H groups in total. The molecule has 0 aliphatic carbocycles. The number of carbonyl (C=O) groups is 3. The van der Waals surface area contributed by atoms with E-state index in [1.807, 2.05) is 0 Å². The largest absolute Gasteiger partial charge is 0.462 e. The molecule has 0 saturated carbocycles. The fourth-order valence-corrected chi connectivity index (χ4v) is 1.21. The van der Waals surface area contributed by atoms with Crippen LogP contribution in [0.25, 0.3) is 0 Å². The van der Waals surface area contributed by atoms with Gasteiger partial charge < -0.3 is 4.74 Å². The van der Waals surface area contributed by atoms with Gasteiger partial charge in [0, 0.05) is 6.08 Å². The number of ether oxygens (including phenoxy) is 1. The first kappa shape index (κ1) is 14.4. The van der Waals surface area contributed by atoms with Crippen LogP contribution in [0.5, 0.6) is 0 Å². The zero-order chi connectivity index (χ0) is 14.3. The highest BCUT2D eigenvalue weighted by molar-refractivity contribution is 6.03. The van der Waals surface area contributed by atoms with E-state index in [9.17, 15) is 14.4 Å². The Bertz CT molecular complexity index is 506. The van der Waals surface area contributed by atoms with E-state index in [2.05, 4.69) is 16.4 Å². The first-order valence-electron chi connectivity index (χ1n) is 5.41. The third kappa shape index (κ3) is 3.95. The molecule has 0 aliphatic rings. The molecule has 0 saturated heterocycles. The molecule has 6 nitrogen and oxygen atoms in total. The molecule has 0 atom stereocenters. The van der Waals surface area contributed by atoms with E-state index in [1.54, 1.807) is 13.0 Å². The van der Waals surface area contributed by atoms with Crippen LogP contribution in [0.1, 0.15) is 27.6 Å². The van der Waals surface area contributed by atoms with Crippen molar-refractivity contribution in [3.8, 4) is 0 Å². The maximum atomic E-state index is 11.7. The van der Waals surface area contributed by atoms with E-state index in [0.717, 1.165) is 6.08 Å². The second-order valence-electron chi connectivity index (χ2n) is 3.24. The smallest absolute Gasteiger partial charge is 0.387 e. The number of esters is 1. The summed E-state index contributed by atoms with van der Waals surface area (Å²) in [4.78, 5) is 42.4. The Morgan fingerprint density at radius 3 is 2.21 bits per heavy atom. The quantitative estimate of drug-likeness (QED) is 0.356. The summed E-state index contributed by atoms with van der Waals surface area (Å²) in [5, 5.41) is 0. The lowest BCUT2D eigenvalue weighted by Gasteiger charge is -2.06. The van der Waals surface area contributed by atoms with E-state index in [1.165, 1.54) is 18.2 Å². The minimum atomic E-state index is -0.973. The van der Waals surface area contributed by atoms with E-state index in [-0.39, 0.29) is 17.7 Å². The highest BCUT2D eigenvalue weighted by Crippen LogP contribution is 2.12. The molecule has 1 aromatic rings. The molecule has 0 fully saturated rings. The Labute approximate surface area is 109 Å². The third-order valence-corrected chi connectivity index (χ3v) is 2.01. The summed E-state index contributed by atoms with van der Waals surface area (Å²) in [7, 11) is 0. The first-order valence-corrected chi connectivity index (χ1v) is 5.41. The number of hydrogen-bond donors (Lipinski definition) is 0. The molecule has 1 rings (SSSR count). The number of hydrogen-bond acceptors (Lipinski definition) is 6. The van der Waals surface area contributed by atoms with Gasteiger partial charge in [-0.05, 0) is 19.1 Å². The molecule has 0 bridgehead atoms. The monoisotopic (exact) mass is 264 g/mol. The molecule has 1 aromatic carbocycles. The number of benzene rings is 1. The van der Waals surface area contributed by atoms with Crippen LogP contribution in [-0.4, -0.2) is 24.5 Å². The third-order valence-electron chi connectivity index (χ3n) is 2.01. The van der Waals surface area contributed by atoms with Crippen LogP contribution in [0.4, 0.5) is 0 Å². The number of carbonyl (C=O) groups excluding carboxylic acids is 3. The van der Waals surface area contributed by atoms with Crippen molar-refractivity contribution in [2.24, 2.45) is 0 Å². The predicted octanol–water partition coefficient (Wildman–Crippen LogP) is 1.66. The summed E-state index contributed by atoms with van der Waals surface area (Å²) in [5.41, 5.74) is -0.0261. The van der Waals surface area contributed by atoms with Gasteiger partial charge >= 0.3 is 17.9 Å². The van der Waals surface area contributed by atoms with Crippen molar-refractivity contribution in [1.82, 2.24) is 0 Å². The molecule has 0 aromatic heterocycles. The van der Waals surface area contributed by atoms with Crippen molar-refractivity contribution in [1.29, 1.82) is 0 Å². The van der Waals surface area contributed by atoms with Crippen molar-refractivity contribution in [3.63, 3.8) is 0 Å². The Hall–Kier alpha value is -2.63. The van der Waals surface area contributed by atoms with Gasteiger partial charge in [0.1, 0.15) is 0 Å². The van der Waals surface area contributed by atoms with Gasteiger partial charge in [-0.15, -0.1) is 0 Å². The lowest BCUT2D eigenvalue weighted by atomic mass is 10.1. The van der Waals surface area contributed by atoms with E-state index in [0.29, 0.717) is 0 Å². The van der Waals surface area contributed by atoms with Crippen LogP contribution in [-0.2, 0) is 19.3 Å². The van der Waals surface area contributed by atoms with Crippen molar-refractivity contribution < 1.29 is 28.9 Å². The van der Waals surface area contributed by atoms with Gasteiger partial charge in [0.2, 0.25) is 0 Å². The highest BCUT2D eigenvalue weighted by Gasteiger charge is 2.20. The van der Waals surface area contributed by atoms with Crippen LogP contribution >= 0.6 is 0 Å². The zero-order valence-corrected chi connectivity index (χ0v) is 10.3. The van der Waals surface area contributed by atoms with Gasteiger partial charge in [0.05, 0.1) is 17.7 Å². The van der Waals surface area contributed by atoms with Gasteiger partial charge in [-0.1, -0.05) is 18.7 Å². The first-order chi connectivity index (χ1) is 9.10. The highest BCUT2D eigenvalue weighted by atomic mass is 17.2. The fourth-order valence-electron chi connectivity index (χ4n) is 1.21. The van der Waals surface area contributed by atoms with Gasteiger partial charge in [-0.3, -0.25) is 0 Å². The minimum absolute atomic E-state index is 0.0315. The summed E-state index contributed by atoms with van der Waals surface area (Å²) < 4.78 is 4.79. The van der Waals surface area contributed by atoms with E-state index < -0.39 is 17.9 Å². The molecule has 0 radical (unpaired) electrons. The molecule has 0 spiro atoms. The molecular weight excluding hydrogens is 252 g/mol. The van der Waals surface area contributed by atoms with Crippen molar-refractivity contribution >= 4 is 17.9 Å². The molecule has 0 unspecified atom stereocenters. The summed E-state index contributed by atoms with van der Waals surface area (Å²) in [6, 6.07) is 5.87. The Morgan fingerprint density at radius 1 is 1.11 bits per heavy atom. The van der Waals surface area contributed by atoms with E-state index in [4.69, 9.17) is 4.74 Å². The standard InChI is InChI=1S/C13H12O6/c1-3-11(14)18-19-13(16)10-8-6-5-7-9(10)12(15)17-4-2/h3,5-8H,1,4H2,2H3. The maximum Gasteiger partial charge on any atom is 0.387 e. The van der Waals surface area contributed by atoms with Crippen LogP contribution < -0.4 is 0 Å². The Balaban J connectivity index is 2.87. The summed E-state index contributed by atoms with van der Waals surface area (Å²) in [6.45, 7) is 4.96. The lowest BCUT2D eigenvalue weighted by molar-refractivity contribution is -0.228. The topological polar surface area (TPSA) is 78.9 Å². The summed E-state index contributed by atoms with van der Waals surface area (Å²) in [5.74, 6) is -2.55. The van der Waals surface area contributed by atoms with Gasteiger partial charge in [-0.2, -0.15) is 0 Å². The molecule has 19 heavy (non-hydrogen) atoms. The van der Waals surface area contributed by atoms with Gasteiger partial charge in [0.25, 0.3) is 0 Å². The number of rotatable bonds is 4. The van der Waals surface area contributed by atoms with E-state index >= 15 is 0 Å². The van der Waals surface area contributed by atoms with Crippen LogP contribution in [0.15, 0.2) is 36.9 Å². The normalized spacial score (nSPS) is 9.32. The zero-order valence-electron chi connectivity index (χ0n) is 10.3. The molecule has 100 valence electrons. The van der Waals surface area contributed by atoms with Crippen molar-refractivity contribution in [2.45, 2.75) is 6.92 Å². The van der Waals surface area contributed by atoms with Crippen LogP contribution in [0.3, 0.4) is 0 Å². The molecular formula is C13H12O6. The second-order valence-corrected chi connectivity index (χ2v) is 3.24. The molecule has 0 heterocycles. The molecule has 0 amide bonds. The Morgan fingerprint density at radius 2 is 1.68 bits per heavy atom. The van der Waals surface area contributed by atoms with Crippen LogP contribution in [0, 0.1) is 0 Å². The van der Waals surface area contributed by atoms with Gasteiger partial charge in [-0.25, -0.2) is 24.2 Å². The molecule has 6 heteroatoms. The average molecular weight is 264 g/mol. The van der Waals surface area contributed by atoms with Crippen molar-refractivity contribution in [3.05, 3.63) is 48.0 Å². The van der Waals surface area contributed by atoms with Crippen molar-refractivity contribution in [2.75, 3.05) is 6.61 Å². The Kier molecular flexibility index (Phi) is 5.28. The predicted molar refractivity (Wildman–Crippen MR) is 64.1 cm³/mol. The SMILES string of the molecule is C=CC(=O)OOC(=O)c1ccccc1C(=O)OCC. The lowest BCUT2D eigenvalue weighted by Crippen LogP contribution is -2.15. The summed E-state index contributed by atoms with van der Waals surface area (Å²) in [6.07, 6.45) is 0.838. The average Bonchev–Trinajstić information content (AvgIpc) is 2.44. The minimum Gasteiger partial charge on any atom is -0.462 e. The molecule has 0 aliphatic heterocycles. The van der Waals surface area contributed by atoms with Crippen LogP contribution in [0.2, 0.25) is 0 Å².